The van der Waals surface area contributed by atoms with E-state index in [1.165, 1.54) is 4.79 Å². The highest BCUT2D eigenvalue weighted by Gasteiger charge is 2.17. The maximum atomic E-state index is 6.29. The number of halogens is 2. The first-order chi connectivity index (χ1) is 17.5. The van der Waals surface area contributed by atoms with E-state index in [0.717, 1.165) is 55.1 Å². The molecule has 1 saturated heterocycles. The molecular formula is C25H25Cl2N7O2. The number of nitrogen functional groups attached to an aromatic ring is 1. The second kappa shape index (κ2) is 10.8. The molecule has 5 rings (SSSR count). The van der Waals surface area contributed by atoms with Crippen LogP contribution in [-0.2, 0) is 11.3 Å². The fourth-order valence-electron chi connectivity index (χ4n) is 4.11. The van der Waals surface area contributed by atoms with Crippen LogP contribution in [0.25, 0.3) is 23.1 Å². The molecule has 2 N–H and O–H groups in total. The molecule has 186 valence electrons. The predicted octanol–water partition coefficient (Wildman–Crippen LogP) is 4.38. The Balaban J connectivity index is 1.33. The van der Waals surface area contributed by atoms with Gasteiger partial charge in [0.1, 0.15) is 11.9 Å². The zero-order chi connectivity index (χ0) is 25.1. The molecule has 1 fully saturated rings. The molecule has 4 aromatic rings. The lowest BCUT2D eigenvalue weighted by atomic mass is 10.1. The van der Waals surface area contributed by atoms with Crippen molar-refractivity contribution in [2.45, 2.75) is 19.6 Å². The van der Waals surface area contributed by atoms with Crippen LogP contribution in [0.2, 0.25) is 10.0 Å². The van der Waals surface area contributed by atoms with Gasteiger partial charge in [-0.05, 0) is 49.4 Å². The van der Waals surface area contributed by atoms with Gasteiger partial charge in [0.25, 0.3) is 0 Å². The lowest BCUT2D eigenvalue weighted by Crippen LogP contribution is -2.35. The predicted molar refractivity (Wildman–Crippen MR) is 140 cm³/mol. The third-order valence-corrected chi connectivity index (χ3v) is 6.56. The van der Waals surface area contributed by atoms with Gasteiger partial charge in [0.15, 0.2) is 0 Å². The first-order valence-corrected chi connectivity index (χ1v) is 12.3. The molecule has 1 atom stereocenters. The fourth-order valence-corrected chi connectivity index (χ4v) is 4.78. The topological polar surface area (TPSA) is 104 Å². The molecule has 4 heterocycles. The minimum atomic E-state index is -0.386. The van der Waals surface area contributed by atoms with Crippen molar-refractivity contribution in [3.05, 3.63) is 75.4 Å². The van der Waals surface area contributed by atoms with Crippen molar-refractivity contribution in [3.63, 3.8) is 0 Å². The number of morpholine rings is 1. The molecule has 1 aliphatic heterocycles. The number of benzene rings is 1. The SMILES string of the molecule is CC(Oc1ccc2c(c1)c(/C=C/c1ccc(CN3CCOCC3)nn1)nn2N)c1c(Cl)cncc1Cl. The third kappa shape index (κ3) is 5.44. The summed E-state index contributed by atoms with van der Waals surface area (Å²) >= 11 is 12.6. The second-order valence-electron chi connectivity index (χ2n) is 8.46. The number of hydrogen-bond acceptors (Lipinski definition) is 8. The lowest BCUT2D eigenvalue weighted by Gasteiger charge is -2.25. The highest BCUT2D eigenvalue weighted by molar-refractivity contribution is 6.35. The van der Waals surface area contributed by atoms with Crippen LogP contribution >= 0.6 is 23.2 Å². The van der Waals surface area contributed by atoms with Gasteiger partial charge >= 0.3 is 0 Å². The standard InChI is InChI=1S/C25H25Cl2N7O2/c1-16(25-21(26)13-29-14-22(25)27)36-19-5-7-24-20(12-19)23(32-34(24)28)6-4-17-2-3-18(31-30-17)15-33-8-10-35-11-9-33/h2-7,12-14,16H,8-11,15,28H2,1H3/b6-4+. The summed E-state index contributed by atoms with van der Waals surface area (Å²) in [4.78, 5) is 7.65. The van der Waals surface area contributed by atoms with Gasteiger partial charge < -0.3 is 15.3 Å². The number of nitrogens with zero attached hydrogens (tertiary/aromatic N) is 6. The number of pyridine rings is 1. The maximum Gasteiger partial charge on any atom is 0.124 e. The van der Waals surface area contributed by atoms with Crippen LogP contribution in [0.15, 0.2) is 42.7 Å². The first-order valence-electron chi connectivity index (χ1n) is 11.5. The molecular weight excluding hydrogens is 501 g/mol. The van der Waals surface area contributed by atoms with E-state index < -0.39 is 0 Å². The first kappa shape index (κ1) is 24.5. The third-order valence-electron chi connectivity index (χ3n) is 5.96. The Morgan fingerprint density at radius 1 is 1.08 bits per heavy atom. The summed E-state index contributed by atoms with van der Waals surface area (Å²) in [6.07, 6.45) is 6.43. The molecule has 0 spiro atoms. The zero-order valence-corrected chi connectivity index (χ0v) is 21.2. The summed E-state index contributed by atoms with van der Waals surface area (Å²) in [5.74, 6) is 6.72. The summed E-state index contributed by atoms with van der Waals surface area (Å²) in [6.45, 7) is 5.97. The molecule has 1 aromatic carbocycles. The Bertz CT molecular complexity index is 1370. The van der Waals surface area contributed by atoms with E-state index in [1.54, 1.807) is 12.4 Å². The number of hydrogen-bond donors (Lipinski definition) is 1. The van der Waals surface area contributed by atoms with Crippen LogP contribution in [0.3, 0.4) is 0 Å². The van der Waals surface area contributed by atoms with Gasteiger partial charge in [-0.1, -0.05) is 23.2 Å². The van der Waals surface area contributed by atoms with Crippen molar-refractivity contribution in [3.8, 4) is 5.75 Å². The van der Waals surface area contributed by atoms with Gasteiger partial charge in [-0.25, -0.2) is 0 Å². The quantitative estimate of drug-likeness (QED) is 0.354. The van der Waals surface area contributed by atoms with Gasteiger partial charge in [0, 0.05) is 43.0 Å². The molecule has 0 amide bonds. The lowest BCUT2D eigenvalue weighted by molar-refractivity contribution is 0.0335. The molecule has 0 radical (unpaired) electrons. The van der Waals surface area contributed by atoms with Crippen LogP contribution < -0.4 is 10.6 Å². The normalized spacial score (nSPS) is 15.5. The van der Waals surface area contributed by atoms with E-state index in [2.05, 4.69) is 25.2 Å². The Morgan fingerprint density at radius 3 is 2.58 bits per heavy atom. The average molecular weight is 526 g/mol. The van der Waals surface area contributed by atoms with Crippen molar-refractivity contribution in [1.82, 2.24) is 30.0 Å². The molecule has 11 heteroatoms. The van der Waals surface area contributed by atoms with Crippen LogP contribution in [0, 0.1) is 0 Å². The Hall–Kier alpha value is -3.24. The van der Waals surface area contributed by atoms with Crippen molar-refractivity contribution in [1.29, 1.82) is 0 Å². The van der Waals surface area contributed by atoms with E-state index in [-0.39, 0.29) is 6.10 Å². The van der Waals surface area contributed by atoms with E-state index in [4.69, 9.17) is 38.5 Å². The molecule has 36 heavy (non-hydrogen) atoms. The number of rotatable bonds is 7. The molecule has 0 bridgehead atoms. The minimum Gasteiger partial charge on any atom is -0.486 e. The summed E-state index contributed by atoms with van der Waals surface area (Å²) in [5, 5.41) is 14.9. The smallest absolute Gasteiger partial charge is 0.124 e. The van der Waals surface area contributed by atoms with E-state index in [9.17, 15) is 0 Å². The van der Waals surface area contributed by atoms with Gasteiger partial charge in [-0.3, -0.25) is 9.88 Å². The zero-order valence-electron chi connectivity index (χ0n) is 19.6. The van der Waals surface area contributed by atoms with E-state index >= 15 is 0 Å². The van der Waals surface area contributed by atoms with Crippen molar-refractivity contribution in [2.24, 2.45) is 0 Å². The largest absolute Gasteiger partial charge is 0.486 e. The Labute approximate surface area is 218 Å². The van der Waals surface area contributed by atoms with Crippen LogP contribution in [-0.4, -0.2) is 56.3 Å². The van der Waals surface area contributed by atoms with Crippen LogP contribution in [0.1, 0.15) is 35.7 Å². The minimum absolute atomic E-state index is 0.386. The van der Waals surface area contributed by atoms with Gasteiger partial charge in [-0.2, -0.15) is 20.1 Å². The molecule has 0 saturated carbocycles. The Morgan fingerprint density at radius 2 is 1.86 bits per heavy atom. The monoisotopic (exact) mass is 525 g/mol. The average Bonchev–Trinajstić information content (AvgIpc) is 3.19. The van der Waals surface area contributed by atoms with E-state index in [1.807, 2.05) is 49.4 Å². The van der Waals surface area contributed by atoms with Gasteiger partial charge in [0.2, 0.25) is 0 Å². The highest BCUT2D eigenvalue weighted by atomic mass is 35.5. The fraction of sp³-hybridized carbons (Fsp3) is 0.280. The number of ether oxygens (including phenoxy) is 2. The summed E-state index contributed by atoms with van der Waals surface area (Å²) in [6, 6.07) is 9.52. The molecule has 3 aromatic heterocycles. The van der Waals surface area contributed by atoms with Gasteiger partial charge in [-0.15, -0.1) is 0 Å². The number of fused-ring (bicyclic) bond motifs is 1. The van der Waals surface area contributed by atoms with Crippen LogP contribution in [0.5, 0.6) is 5.75 Å². The van der Waals surface area contributed by atoms with Crippen molar-refractivity contribution in [2.75, 3.05) is 32.1 Å². The van der Waals surface area contributed by atoms with Crippen molar-refractivity contribution >= 4 is 46.3 Å². The summed E-state index contributed by atoms with van der Waals surface area (Å²) in [7, 11) is 0. The summed E-state index contributed by atoms with van der Waals surface area (Å²) in [5.41, 5.74) is 3.78. The second-order valence-corrected chi connectivity index (χ2v) is 9.27. The van der Waals surface area contributed by atoms with Gasteiger partial charge in [0.05, 0.1) is 45.9 Å². The number of aromatic nitrogens is 5. The maximum absolute atomic E-state index is 6.29. The molecule has 1 unspecified atom stereocenters. The van der Waals surface area contributed by atoms with E-state index in [0.29, 0.717) is 27.1 Å². The number of nitrogens with two attached hydrogens (primary N) is 1. The highest BCUT2D eigenvalue weighted by Crippen LogP contribution is 2.33. The summed E-state index contributed by atoms with van der Waals surface area (Å²) < 4.78 is 11.5. The Kier molecular flexibility index (Phi) is 7.33. The van der Waals surface area contributed by atoms with Crippen molar-refractivity contribution < 1.29 is 9.47 Å². The molecule has 1 aliphatic rings. The van der Waals surface area contributed by atoms with Crippen LogP contribution in [0.4, 0.5) is 0 Å². The molecule has 9 nitrogen and oxygen atoms in total. The molecule has 0 aliphatic carbocycles.